The molecule has 5 heteroatoms. The molecule has 0 amide bonds. The Morgan fingerprint density at radius 1 is 1.09 bits per heavy atom. The molecule has 118 valence electrons. The summed E-state index contributed by atoms with van der Waals surface area (Å²) in [7, 11) is 0. The highest BCUT2D eigenvalue weighted by molar-refractivity contribution is 5.33. The van der Waals surface area contributed by atoms with Crippen LogP contribution in [0.2, 0.25) is 0 Å². The zero-order valence-corrected chi connectivity index (χ0v) is 13.2. The third-order valence-electron chi connectivity index (χ3n) is 3.40. The number of aryl methyl sites for hydroxylation is 1. The van der Waals surface area contributed by atoms with Gasteiger partial charge in [0.1, 0.15) is 11.5 Å². The monoisotopic (exact) mass is 309 g/mol. The van der Waals surface area contributed by atoms with E-state index in [-0.39, 0.29) is 6.04 Å². The average molecular weight is 309 g/mol. The molecule has 0 bridgehead atoms. The summed E-state index contributed by atoms with van der Waals surface area (Å²) in [6, 6.07) is 17.7. The lowest BCUT2D eigenvalue weighted by molar-refractivity contribution is 0.336. The fourth-order valence-corrected chi connectivity index (χ4v) is 2.19. The van der Waals surface area contributed by atoms with Gasteiger partial charge in [0, 0.05) is 6.54 Å². The number of benzene rings is 2. The van der Waals surface area contributed by atoms with Crippen molar-refractivity contribution in [2.45, 2.75) is 26.4 Å². The van der Waals surface area contributed by atoms with Gasteiger partial charge in [-0.1, -0.05) is 35.5 Å². The molecule has 0 radical (unpaired) electrons. The van der Waals surface area contributed by atoms with E-state index >= 15 is 0 Å². The largest absolute Gasteiger partial charge is 0.457 e. The highest BCUT2D eigenvalue weighted by Gasteiger charge is 2.12. The fraction of sp³-hybridized carbons (Fsp3) is 0.222. The number of aromatic nitrogens is 2. The first-order valence-electron chi connectivity index (χ1n) is 7.56. The first-order chi connectivity index (χ1) is 11.2. The topological polar surface area (TPSA) is 60.2 Å². The van der Waals surface area contributed by atoms with Crippen molar-refractivity contribution in [3.8, 4) is 11.5 Å². The van der Waals surface area contributed by atoms with Gasteiger partial charge >= 0.3 is 0 Å². The lowest BCUT2D eigenvalue weighted by atomic mass is 10.2. The van der Waals surface area contributed by atoms with Crippen LogP contribution in [-0.2, 0) is 6.54 Å². The van der Waals surface area contributed by atoms with E-state index < -0.39 is 0 Å². The van der Waals surface area contributed by atoms with E-state index in [1.165, 1.54) is 0 Å². The van der Waals surface area contributed by atoms with Gasteiger partial charge in [-0.15, -0.1) is 0 Å². The maximum Gasteiger partial charge on any atom is 0.243 e. The smallest absolute Gasteiger partial charge is 0.243 e. The van der Waals surface area contributed by atoms with Crippen molar-refractivity contribution in [3.05, 3.63) is 71.9 Å². The van der Waals surface area contributed by atoms with Gasteiger partial charge in [-0.05, 0) is 43.7 Å². The Morgan fingerprint density at radius 3 is 2.61 bits per heavy atom. The van der Waals surface area contributed by atoms with E-state index in [4.69, 9.17) is 9.26 Å². The minimum atomic E-state index is -0.00472. The predicted molar refractivity (Wildman–Crippen MR) is 87.2 cm³/mol. The van der Waals surface area contributed by atoms with Crippen LogP contribution in [-0.4, -0.2) is 10.1 Å². The Morgan fingerprint density at radius 2 is 1.87 bits per heavy atom. The number of nitrogens with zero attached hydrogens (tertiary/aromatic N) is 2. The Labute approximate surface area is 135 Å². The second-order valence-corrected chi connectivity index (χ2v) is 5.34. The zero-order valence-electron chi connectivity index (χ0n) is 13.2. The minimum Gasteiger partial charge on any atom is -0.457 e. The van der Waals surface area contributed by atoms with Gasteiger partial charge in [0.05, 0.1) is 6.04 Å². The van der Waals surface area contributed by atoms with E-state index in [2.05, 4.69) is 21.5 Å². The minimum absolute atomic E-state index is 0.00472. The first-order valence-corrected chi connectivity index (χ1v) is 7.56. The van der Waals surface area contributed by atoms with Crippen LogP contribution in [0.4, 0.5) is 0 Å². The van der Waals surface area contributed by atoms with Crippen LogP contribution < -0.4 is 10.1 Å². The molecule has 0 aliphatic heterocycles. The first kappa shape index (κ1) is 15.2. The van der Waals surface area contributed by atoms with Gasteiger partial charge in [-0.3, -0.25) is 0 Å². The van der Waals surface area contributed by atoms with Crippen molar-refractivity contribution in [2.75, 3.05) is 0 Å². The summed E-state index contributed by atoms with van der Waals surface area (Å²) in [4.78, 5) is 4.23. The number of rotatable bonds is 6. The molecule has 0 spiro atoms. The summed E-state index contributed by atoms with van der Waals surface area (Å²) in [5.74, 6) is 2.88. The molecule has 1 atom stereocenters. The highest BCUT2D eigenvalue weighted by atomic mass is 16.5. The molecule has 1 aromatic heterocycles. The van der Waals surface area contributed by atoms with Crippen LogP contribution >= 0.6 is 0 Å². The summed E-state index contributed by atoms with van der Waals surface area (Å²) in [6.07, 6.45) is 0. The molecule has 0 saturated carbocycles. The van der Waals surface area contributed by atoms with Gasteiger partial charge in [0.15, 0.2) is 5.82 Å². The molecule has 5 nitrogen and oxygen atoms in total. The van der Waals surface area contributed by atoms with Crippen LogP contribution in [0, 0.1) is 6.92 Å². The van der Waals surface area contributed by atoms with Crippen molar-refractivity contribution >= 4 is 0 Å². The van der Waals surface area contributed by atoms with Crippen LogP contribution in [0.15, 0.2) is 59.1 Å². The quantitative estimate of drug-likeness (QED) is 0.745. The van der Waals surface area contributed by atoms with Crippen molar-refractivity contribution in [3.63, 3.8) is 0 Å². The molecule has 23 heavy (non-hydrogen) atoms. The molecular weight excluding hydrogens is 290 g/mol. The third-order valence-corrected chi connectivity index (χ3v) is 3.40. The molecule has 3 aromatic rings. The van der Waals surface area contributed by atoms with Crippen molar-refractivity contribution in [2.24, 2.45) is 0 Å². The van der Waals surface area contributed by atoms with Crippen molar-refractivity contribution in [1.82, 2.24) is 15.5 Å². The van der Waals surface area contributed by atoms with Crippen LogP contribution in [0.1, 0.15) is 30.2 Å². The van der Waals surface area contributed by atoms with Gasteiger partial charge in [-0.25, -0.2) is 0 Å². The van der Waals surface area contributed by atoms with Gasteiger partial charge in [0.2, 0.25) is 5.89 Å². The Balaban J connectivity index is 1.61. The van der Waals surface area contributed by atoms with Gasteiger partial charge in [0.25, 0.3) is 0 Å². The summed E-state index contributed by atoms with van der Waals surface area (Å²) in [5, 5.41) is 7.18. The van der Waals surface area contributed by atoms with E-state index in [0.29, 0.717) is 18.3 Å². The standard InChI is InChI=1S/C18H19N3O2/c1-13(18-20-14(2)21-23-18)19-12-15-7-6-10-17(11-15)22-16-8-4-3-5-9-16/h3-11,13,19H,12H2,1-2H3. The molecular formula is C18H19N3O2. The molecule has 1 N–H and O–H groups in total. The van der Waals surface area contributed by atoms with Crippen LogP contribution in [0.3, 0.4) is 0 Å². The SMILES string of the molecule is Cc1noc(C(C)NCc2cccc(Oc3ccccc3)c2)n1. The number of hydrogen-bond acceptors (Lipinski definition) is 5. The predicted octanol–water partition coefficient (Wildman–Crippen LogP) is 4.02. The van der Waals surface area contributed by atoms with Crippen LogP contribution in [0.5, 0.6) is 11.5 Å². The maximum atomic E-state index is 5.85. The fourth-order valence-electron chi connectivity index (χ4n) is 2.19. The summed E-state index contributed by atoms with van der Waals surface area (Å²) >= 11 is 0. The van der Waals surface area contributed by atoms with E-state index in [0.717, 1.165) is 17.1 Å². The number of para-hydroxylation sites is 1. The third kappa shape index (κ3) is 4.17. The normalized spacial score (nSPS) is 12.1. The zero-order chi connectivity index (χ0) is 16.1. The molecule has 0 fully saturated rings. The average Bonchev–Trinajstić information content (AvgIpc) is 3.01. The van der Waals surface area contributed by atoms with E-state index in [1.807, 2.05) is 62.4 Å². The number of hydrogen-bond donors (Lipinski definition) is 1. The molecule has 1 unspecified atom stereocenters. The van der Waals surface area contributed by atoms with Crippen molar-refractivity contribution in [1.29, 1.82) is 0 Å². The molecule has 2 aromatic carbocycles. The highest BCUT2D eigenvalue weighted by Crippen LogP contribution is 2.22. The Kier molecular flexibility index (Phi) is 4.68. The molecule has 3 rings (SSSR count). The Bertz CT molecular complexity index is 756. The number of nitrogens with one attached hydrogen (secondary N) is 1. The molecule has 0 aliphatic rings. The molecule has 1 heterocycles. The molecule has 0 aliphatic carbocycles. The number of ether oxygens (including phenoxy) is 1. The summed E-state index contributed by atoms with van der Waals surface area (Å²) in [6.45, 7) is 4.50. The summed E-state index contributed by atoms with van der Waals surface area (Å²) < 4.78 is 11.0. The lowest BCUT2D eigenvalue weighted by Gasteiger charge is -2.11. The second-order valence-electron chi connectivity index (χ2n) is 5.34. The van der Waals surface area contributed by atoms with E-state index in [9.17, 15) is 0 Å². The van der Waals surface area contributed by atoms with Gasteiger partial charge in [-0.2, -0.15) is 4.98 Å². The summed E-state index contributed by atoms with van der Waals surface area (Å²) in [5.41, 5.74) is 1.13. The van der Waals surface area contributed by atoms with Gasteiger partial charge < -0.3 is 14.6 Å². The molecule has 0 saturated heterocycles. The second kappa shape index (κ2) is 7.07. The Hall–Kier alpha value is -2.66. The lowest BCUT2D eigenvalue weighted by Crippen LogP contribution is -2.18. The van der Waals surface area contributed by atoms with Crippen molar-refractivity contribution < 1.29 is 9.26 Å². The van der Waals surface area contributed by atoms with E-state index in [1.54, 1.807) is 0 Å². The maximum absolute atomic E-state index is 5.85. The van der Waals surface area contributed by atoms with Crippen LogP contribution in [0.25, 0.3) is 0 Å².